The van der Waals surface area contributed by atoms with Crippen molar-refractivity contribution in [2.75, 3.05) is 5.73 Å². The van der Waals surface area contributed by atoms with E-state index in [-0.39, 0.29) is 0 Å². The summed E-state index contributed by atoms with van der Waals surface area (Å²) in [5.41, 5.74) is 6.58. The number of carbonyl (C=O) groups is 1. The Hall–Kier alpha value is -2.09. The van der Waals surface area contributed by atoms with E-state index in [1.807, 2.05) is 25.3 Å². The van der Waals surface area contributed by atoms with Crippen LogP contribution in [0.5, 0.6) is 0 Å². The first-order chi connectivity index (χ1) is 6.56. The molecular weight excluding hydrogens is 182 g/mol. The predicted octanol–water partition coefficient (Wildman–Crippen LogP) is -0.959. The minimum Gasteiger partial charge on any atom is -0.549 e. The first-order valence-electron chi connectivity index (χ1n) is 3.87. The Bertz CT molecular complexity index is 327. The van der Waals surface area contributed by atoms with Gasteiger partial charge >= 0.3 is 0 Å². The van der Waals surface area contributed by atoms with Gasteiger partial charge in [0.1, 0.15) is 0 Å². The molecule has 0 unspecified atom stereocenters. The molecule has 0 radical (unpaired) electrons. The van der Waals surface area contributed by atoms with E-state index in [0.717, 1.165) is 0 Å². The van der Waals surface area contributed by atoms with Crippen molar-refractivity contribution in [1.82, 2.24) is 0 Å². The van der Waals surface area contributed by atoms with E-state index >= 15 is 0 Å². The van der Waals surface area contributed by atoms with Crippen LogP contribution >= 0.6 is 0 Å². The summed E-state index contributed by atoms with van der Waals surface area (Å²) in [6, 6.07) is 5.26. The van der Waals surface area contributed by atoms with Crippen LogP contribution in [0.2, 0.25) is 0 Å². The zero-order valence-corrected chi connectivity index (χ0v) is 7.78. The monoisotopic (exact) mass is 193 g/mol. The maximum absolute atomic E-state index is 9.27. The van der Waals surface area contributed by atoms with Crippen LogP contribution in [0.4, 0.5) is 5.82 Å². The quantitative estimate of drug-likeness (QED) is 0.620. The van der Waals surface area contributed by atoms with Crippen LogP contribution in [-0.2, 0) is 4.79 Å². The van der Waals surface area contributed by atoms with Gasteiger partial charge in [0.05, 0.1) is 24.7 Å². The number of aromatic nitrogens is 1. The Balaban J connectivity index is 0.000000255. The second-order valence-corrected chi connectivity index (χ2v) is 2.53. The average Bonchev–Trinajstić information content (AvgIpc) is 2.03. The number of carbonyl (C=O) groups excluding carboxylic acids is 1. The van der Waals surface area contributed by atoms with Crippen LogP contribution in [0.15, 0.2) is 18.3 Å². The molecule has 0 atom stereocenters. The average molecular weight is 193 g/mol. The molecule has 1 aromatic rings. The number of nitrogens with two attached hydrogens (primary N) is 1. The van der Waals surface area contributed by atoms with Crippen molar-refractivity contribution < 1.29 is 14.9 Å². The lowest BCUT2D eigenvalue weighted by Crippen LogP contribution is -2.20. The number of aryl methyl sites for hydroxylation is 1. The molecule has 5 heteroatoms. The van der Waals surface area contributed by atoms with Gasteiger partial charge in [0.2, 0.25) is 0 Å². The number of carboxylic acids is 1. The number of H-pyrrole nitrogens is 1. The minimum atomic E-state index is -1.32. The van der Waals surface area contributed by atoms with E-state index in [4.69, 9.17) is 11.0 Å². The number of nitrogens with one attached hydrogen (secondary N) is 1. The first kappa shape index (κ1) is 11.9. The van der Waals surface area contributed by atoms with Crippen molar-refractivity contribution in [3.63, 3.8) is 0 Å². The third kappa shape index (κ3) is 6.61. The molecule has 1 aromatic heterocycles. The highest BCUT2D eigenvalue weighted by Gasteiger charge is 1.88. The van der Waals surface area contributed by atoms with Gasteiger partial charge in [-0.1, -0.05) is 0 Å². The molecule has 0 saturated carbocycles. The van der Waals surface area contributed by atoms with Gasteiger partial charge in [-0.25, -0.2) is 4.98 Å². The number of nitrogens with zero attached hydrogens (tertiary/aromatic N) is 1. The van der Waals surface area contributed by atoms with Gasteiger partial charge in [-0.2, -0.15) is 5.26 Å². The second-order valence-electron chi connectivity index (χ2n) is 2.53. The highest BCUT2D eigenvalue weighted by Crippen LogP contribution is 1.94. The van der Waals surface area contributed by atoms with Gasteiger partial charge < -0.3 is 9.90 Å². The maximum Gasteiger partial charge on any atom is 0.270 e. The van der Waals surface area contributed by atoms with Crippen LogP contribution in [0.1, 0.15) is 12.0 Å². The van der Waals surface area contributed by atoms with Crippen LogP contribution in [0, 0.1) is 18.3 Å². The van der Waals surface area contributed by atoms with E-state index in [1.165, 1.54) is 11.6 Å². The van der Waals surface area contributed by atoms with Gasteiger partial charge in [-0.15, -0.1) is 0 Å². The number of anilines is 1. The molecule has 0 saturated heterocycles. The fourth-order valence-corrected chi connectivity index (χ4v) is 0.669. The summed E-state index contributed by atoms with van der Waals surface area (Å²) in [6.45, 7) is 2.00. The highest BCUT2D eigenvalue weighted by molar-refractivity contribution is 5.66. The van der Waals surface area contributed by atoms with E-state index in [1.54, 1.807) is 0 Å². The Labute approximate surface area is 81.8 Å². The molecule has 0 aliphatic heterocycles. The topological polar surface area (TPSA) is 104 Å². The summed E-state index contributed by atoms with van der Waals surface area (Å²) in [5, 5.41) is 16.8. The standard InChI is InChI=1S/C6H8N2.C3H3NO2/c1-5-2-3-8-6(7)4-5;4-2-1-3(5)6/h2-4H,1H3,(H2,7,8);1H2,(H,5,6). The van der Waals surface area contributed by atoms with Gasteiger partial charge in [0.25, 0.3) is 5.82 Å². The Morgan fingerprint density at radius 2 is 2.43 bits per heavy atom. The van der Waals surface area contributed by atoms with Crippen molar-refractivity contribution >= 4 is 11.8 Å². The molecule has 0 bridgehead atoms. The van der Waals surface area contributed by atoms with Crippen LogP contribution in [0.25, 0.3) is 0 Å². The molecule has 0 aromatic carbocycles. The number of hydrogen-bond acceptors (Lipinski definition) is 4. The molecule has 5 nitrogen and oxygen atoms in total. The fraction of sp³-hybridized carbons (Fsp3) is 0.222. The molecule has 1 heterocycles. The number of pyridine rings is 1. The molecule has 0 aliphatic carbocycles. The van der Waals surface area contributed by atoms with Crippen molar-refractivity contribution in [2.24, 2.45) is 0 Å². The zero-order valence-electron chi connectivity index (χ0n) is 7.78. The van der Waals surface area contributed by atoms with Crippen LogP contribution in [0.3, 0.4) is 0 Å². The molecule has 14 heavy (non-hydrogen) atoms. The zero-order chi connectivity index (χ0) is 11.0. The number of carboxylic acid groups (broad SMARTS) is 1. The molecule has 74 valence electrons. The molecule has 3 N–H and O–H groups in total. The third-order valence-electron chi connectivity index (χ3n) is 1.20. The normalized spacial score (nSPS) is 8.00. The summed E-state index contributed by atoms with van der Waals surface area (Å²) in [7, 11) is 0. The number of rotatable bonds is 1. The number of aliphatic carboxylic acids is 1. The number of nitriles is 1. The largest absolute Gasteiger partial charge is 0.549 e. The van der Waals surface area contributed by atoms with E-state index < -0.39 is 12.4 Å². The SMILES string of the molecule is Cc1cc[nH+]c(N)c1.N#CCC(=O)[O-]. The summed E-state index contributed by atoms with van der Waals surface area (Å²) in [6.07, 6.45) is 1.31. The molecule has 0 amide bonds. The smallest absolute Gasteiger partial charge is 0.270 e. The molecular formula is C9H11N3O2. The van der Waals surface area contributed by atoms with E-state index in [0.29, 0.717) is 5.82 Å². The molecule has 0 aliphatic rings. The Morgan fingerprint density at radius 3 is 2.64 bits per heavy atom. The van der Waals surface area contributed by atoms with Crippen molar-refractivity contribution in [3.05, 3.63) is 23.9 Å². The van der Waals surface area contributed by atoms with Gasteiger partial charge in [-0.05, 0) is 18.6 Å². The number of hydrogen-bond donors (Lipinski definition) is 1. The first-order valence-corrected chi connectivity index (χ1v) is 3.87. The highest BCUT2D eigenvalue weighted by atomic mass is 16.4. The summed E-state index contributed by atoms with van der Waals surface area (Å²) in [5.74, 6) is -0.609. The van der Waals surface area contributed by atoms with Crippen molar-refractivity contribution in [2.45, 2.75) is 13.3 Å². The molecule has 0 fully saturated rings. The summed E-state index contributed by atoms with van der Waals surface area (Å²) in [4.78, 5) is 12.1. The Morgan fingerprint density at radius 1 is 1.79 bits per heavy atom. The lowest BCUT2D eigenvalue weighted by Gasteiger charge is -1.85. The summed E-state index contributed by atoms with van der Waals surface area (Å²) < 4.78 is 0. The second kappa shape index (κ2) is 6.43. The molecule has 1 rings (SSSR count). The fourth-order valence-electron chi connectivity index (χ4n) is 0.669. The van der Waals surface area contributed by atoms with Gasteiger partial charge in [0, 0.05) is 6.07 Å². The van der Waals surface area contributed by atoms with Gasteiger partial charge in [-0.3, -0.25) is 5.73 Å². The lowest BCUT2D eigenvalue weighted by molar-refractivity contribution is -0.360. The van der Waals surface area contributed by atoms with Crippen molar-refractivity contribution in [1.29, 1.82) is 5.26 Å². The molecule has 0 spiro atoms. The lowest BCUT2D eigenvalue weighted by atomic mass is 10.3. The van der Waals surface area contributed by atoms with E-state index in [9.17, 15) is 9.90 Å². The summed E-state index contributed by atoms with van der Waals surface area (Å²) >= 11 is 0. The predicted molar refractivity (Wildman–Crippen MR) is 47.4 cm³/mol. The maximum atomic E-state index is 9.27. The van der Waals surface area contributed by atoms with E-state index in [2.05, 4.69) is 4.98 Å². The number of aromatic amines is 1. The number of nitrogen functional groups attached to an aromatic ring is 1. The third-order valence-corrected chi connectivity index (χ3v) is 1.20. The Kier molecular flexibility index (Phi) is 5.47. The van der Waals surface area contributed by atoms with Crippen molar-refractivity contribution in [3.8, 4) is 6.07 Å². The van der Waals surface area contributed by atoms with Crippen LogP contribution in [-0.4, -0.2) is 5.97 Å². The minimum absolute atomic E-state index is 0.514. The van der Waals surface area contributed by atoms with Crippen LogP contribution < -0.4 is 15.8 Å². The van der Waals surface area contributed by atoms with Gasteiger partial charge in [0.15, 0.2) is 0 Å².